The number of unbranched alkanes of at least 4 members (excludes halogenated alkanes) is 23. The van der Waals surface area contributed by atoms with E-state index >= 15 is 0 Å². The van der Waals surface area contributed by atoms with Crippen molar-refractivity contribution in [3.63, 3.8) is 0 Å². The van der Waals surface area contributed by atoms with Crippen molar-refractivity contribution in [3.8, 4) is 0 Å². The largest absolute Gasteiger partial charge is 0.472 e. The van der Waals surface area contributed by atoms with Gasteiger partial charge in [-0.25, -0.2) is 4.57 Å². The number of hydrogen-bond acceptors (Lipinski definition) is 12. The summed E-state index contributed by atoms with van der Waals surface area (Å²) < 4.78 is 33.5. The Hall–Kier alpha value is -1.93. The topological polar surface area (TPSA) is 210 Å². The van der Waals surface area contributed by atoms with Crippen molar-refractivity contribution in [3.05, 3.63) is 36.5 Å². The van der Waals surface area contributed by atoms with Crippen molar-refractivity contribution in [1.82, 2.24) is 0 Å². The number of rotatable bonds is 41. The van der Waals surface area contributed by atoms with E-state index < -0.39 is 75.7 Å². The molecule has 0 aliphatic heterocycles. The molecule has 0 saturated heterocycles. The van der Waals surface area contributed by atoms with Crippen LogP contribution in [-0.4, -0.2) is 98.3 Å². The molecule has 0 radical (unpaired) electrons. The number of aliphatic hydroxyl groups is 5. The molecule has 14 heteroatoms. The zero-order valence-corrected chi connectivity index (χ0v) is 40.0. The molecule has 8 atom stereocenters. The summed E-state index contributed by atoms with van der Waals surface area (Å²) in [6.07, 6.45) is 32.0. The van der Waals surface area contributed by atoms with Crippen LogP contribution in [0.4, 0.5) is 0 Å². The lowest BCUT2D eigenvalue weighted by Crippen LogP contribution is -2.64. The van der Waals surface area contributed by atoms with Gasteiger partial charge in [0.25, 0.3) is 0 Å². The maximum Gasteiger partial charge on any atom is 0.472 e. The first-order chi connectivity index (χ1) is 30.4. The highest BCUT2D eigenvalue weighted by atomic mass is 31.2. The van der Waals surface area contributed by atoms with Crippen LogP contribution in [0.25, 0.3) is 0 Å². The molecule has 1 saturated carbocycles. The van der Waals surface area contributed by atoms with Crippen LogP contribution in [0, 0.1) is 0 Å². The average Bonchev–Trinajstić information content (AvgIpc) is 3.26. The lowest BCUT2D eigenvalue weighted by molar-refractivity contribution is -0.220. The fourth-order valence-corrected chi connectivity index (χ4v) is 8.41. The molecule has 6 N–H and O–H groups in total. The molecular weight excluding hydrogens is 828 g/mol. The molecule has 0 aromatic rings. The normalized spacial score (nSPS) is 22.0. The summed E-state index contributed by atoms with van der Waals surface area (Å²) in [6.45, 7) is 3.27. The van der Waals surface area contributed by atoms with Crippen LogP contribution in [0.2, 0.25) is 0 Å². The second kappa shape index (κ2) is 39.3. The molecule has 13 nitrogen and oxygen atoms in total. The van der Waals surface area contributed by atoms with Crippen LogP contribution < -0.4 is 0 Å². The SMILES string of the molecule is CCCCCCCC/C=C/CCCCCCCCCC(=O)O[C@@H](COC(=O)CCC/C=C/C/C=C/CCCCCCCCCCC)COP(=O)(O)OC1C(O)C(O)C(O)[C@H](O)C1O. The van der Waals surface area contributed by atoms with Gasteiger partial charge in [-0.05, 0) is 64.2 Å². The molecule has 6 unspecified atom stereocenters. The molecule has 368 valence electrons. The Bertz CT molecular complexity index is 1240. The molecule has 1 rings (SSSR count). The quantitative estimate of drug-likeness (QED) is 0.0146. The summed E-state index contributed by atoms with van der Waals surface area (Å²) in [5.74, 6) is -1.15. The van der Waals surface area contributed by atoms with Gasteiger partial charge in [0, 0.05) is 12.8 Å². The zero-order valence-electron chi connectivity index (χ0n) is 39.1. The Kier molecular flexibility index (Phi) is 36.8. The predicted octanol–water partition coefficient (Wildman–Crippen LogP) is 10.2. The third-order valence-corrected chi connectivity index (χ3v) is 12.4. The Morgan fingerprint density at radius 2 is 0.873 bits per heavy atom. The van der Waals surface area contributed by atoms with Gasteiger partial charge in [-0.2, -0.15) is 0 Å². The Morgan fingerprint density at radius 1 is 0.492 bits per heavy atom. The van der Waals surface area contributed by atoms with Gasteiger partial charge in [-0.3, -0.25) is 18.6 Å². The summed E-state index contributed by atoms with van der Waals surface area (Å²) in [6, 6.07) is 0. The summed E-state index contributed by atoms with van der Waals surface area (Å²) in [7, 11) is -5.13. The first-order valence-corrected chi connectivity index (χ1v) is 26.3. The highest BCUT2D eigenvalue weighted by Gasteiger charge is 2.51. The van der Waals surface area contributed by atoms with Crippen LogP contribution in [0.5, 0.6) is 0 Å². The maximum atomic E-state index is 12.8. The Morgan fingerprint density at radius 3 is 1.35 bits per heavy atom. The van der Waals surface area contributed by atoms with Crippen molar-refractivity contribution < 1.29 is 63.1 Å². The Labute approximate surface area is 380 Å². The van der Waals surface area contributed by atoms with Gasteiger partial charge < -0.3 is 39.9 Å². The standard InChI is InChI=1S/C49H89O13P/c1-3-5-7-9-11-13-15-17-19-21-23-25-27-29-31-33-35-37-42(50)59-39-41(40-60-63(57,58)62-49-47(55)45(53)44(52)46(54)48(49)56)61-43(51)38-36-34-32-30-28-26-24-22-20-18-16-14-12-10-8-6-4-2/h18,20,23,25,29,31,41,44-49,52-56H,3-17,19,21-22,24,26-28,30,32-40H2,1-2H3,(H,57,58)/b20-18+,25-23+,31-29+/t41-,44?,45-,46?,47?,48?,49?/m0/s1. The average molecular weight is 917 g/mol. The number of phosphoric ester groups is 1. The van der Waals surface area contributed by atoms with Gasteiger partial charge in [0.05, 0.1) is 6.61 Å². The monoisotopic (exact) mass is 917 g/mol. The van der Waals surface area contributed by atoms with Crippen LogP contribution >= 0.6 is 7.82 Å². The maximum absolute atomic E-state index is 12.8. The van der Waals surface area contributed by atoms with Gasteiger partial charge in [0.15, 0.2) is 6.10 Å². The third kappa shape index (κ3) is 31.6. The molecule has 0 aromatic carbocycles. The van der Waals surface area contributed by atoms with E-state index in [0.29, 0.717) is 19.3 Å². The first kappa shape index (κ1) is 59.1. The number of esters is 2. The first-order valence-electron chi connectivity index (χ1n) is 24.8. The zero-order chi connectivity index (χ0) is 46.4. The van der Waals surface area contributed by atoms with Gasteiger partial charge in [-0.15, -0.1) is 0 Å². The van der Waals surface area contributed by atoms with Crippen LogP contribution in [0.15, 0.2) is 36.5 Å². The molecule has 1 aliphatic carbocycles. The summed E-state index contributed by atoms with van der Waals surface area (Å²) >= 11 is 0. The Balaban J connectivity index is 2.46. The minimum Gasteiger partial charge on any atom is -0.462 e. The van der Waals surface area contributed by atoms with E-state index in [-0.39, 0.29) is 12.8 Å². The van der Waals surface area contributed by atoms with Crippen molar-refractivity contribution >= 4 is 19.8 Å². The van der Waals surface area contributed by atoms with Gasteiger partial charge in [-0.1, -0.05) is 166 Å². The number of phosphoric acid groups is 1. The minimum atomic E-state index is -5.13. The van der Waals surface area contributed by atoms with Crippen molar-refractivity contribution in [2.45, 2.75) is 249 Å². The molecule has 0 spiro atoms. The van der Waals surface area contributed by atoms with Crippen molar-refractivity contribution in [2.24, 2.45) is 0 Å². The summed E-state index contributed by atoms with van der Waals surface area (Å²) in [5.41, 5.74) is 0. The molecule has 0 bridgehead atoms. The lowest BCUT2D eigenvalue weighted by Gasteiger charge is -2.41. The van der Waals surface area contributed by atoms with Crippen LogP contribution in [0.3, 0.4) is 0 Å². The van der Waals surface area contributed by atoms with E-state index in [1.807, 2.05) is 6.08 Å². The number of allylic oxidation sites excluding steroid dienone is 6. The second-order valence-electron chi connectivity index (χ2n) is 17.3. The lowest BCUT2D eigenvalue weighted by atomic mass is 9.85. The van der Waals surface area contributed by atoms with Crippen LogP contribution in [0.1, 0.15) is 206 Å². The van der Waals surface area contributed by atoms with E-state index in [4.69, 9.17) is 18.5 Å². The van der Waals surface area contributed by atoms with Gasteiger partial charge in [0.2, 0.25) is 0 Å². The third-order valence-electron chi connectivity index (χ3n) is 11.5. The number of hydrogen-bond donors (Lipinski definition) is 6. The van der Waals surface area contributed by atoms with Crippen LogP contribution in [-0.2, 0) is 32.7 Å². The molecule has 0 heterocycles. The summed E-state index contributed by atoms with van der Waals surface area (Å²) in [4.78, 5) is 35.7. The fourth-order valence-electron chi connectivity index (χ4n) is 7.44. The fraction of sp³-hybridized carbons (Fsp3) is 0.837. The summed E-state index contributed by atoms with van der Waals surface area (Å²) in [5, 5.41) is 50.2. The smallest absolute Gasteiger partial charge is 0.462 e. The highest BCUT2D eigenvalue weighted by molar-refractivity contribution is 7.47. The van der Waals surface area contributed by atoms with E-state index in [2.05, 4.69) is 44.2 Å². The number of carbonyl (C=O) groups is 2. The molecule has 1 aliphatic rings. The molecular formula is C49H89O13P. The number of ether oxygens (including phenoxy) is 2. The molecule has 0 amide bonds. The minimum absolute atomic E-state index is 0.0838. The number of aliphatic hydroxyl groups excluding tert-OH is 5. The van der Waals surface area contributed by atoms with E-state index in [1.165, 1.54) is 109 Å². The van der Waals surface area contributed by atoms with Crippen molar-refractivity contribution in [2.75, 3.05) is 13.2 Å². The molecule has 63 heavy (non-hydrogen) atoms. The van der Waals surface area contributed by atoms with E-state index in [0.717, 1.165) is 51.4 Å². The van der Waals surface area contributed by atoms with E-state index in [9.17, 15) is 44.6 Å². The predicted molar refractivity (Wildman–Crippen MR) is 249 cm³/mol. The van der Waals surface area contributed by atoms with Crippen molar-refractivity contribution in [1.29, 1.82) is 0 Å². The molecule has 1 fully saturated rings. The highest BCUT2D eigenvalue weighted by Crippen LogP contribution is 2.47. The van der Waals surface area contributed by atoms with Gasteiger partial charge in [0.1, 0.15) is 43.2 Å². The van der Waals surface area contributed by atoms with E-state index in [1.54, 1.807) is 0 Å². The van der Waals surface area contributed by atoms with Gasteiger partial charge >= 0.3 is 19.8 Å². The molecule has 0 aromatic heterocycles. The second-order valence-corrected chi connectivity index (χ2v) is 18.7. The number of carbonyl (C=O) groups excluding carboxylic acids is 2.